The van der Waals surface area contributed by atoms with Gasteiger partial charge in [0.1, 0.15) is 0 Å². The van der Waals surface area contributed by atoms with E-state index in [-0.39, 0.29) is 5.91 Å². The second-order valence-electron chi connectivity index (χ2n) is 8.20. The molecule has 2 unspecified atom stereocenters. The Hall–Kier alpha value is -1.39. The maximum atomic E-state index is 12.9. The molecule has 2 aliphatic carbocycles. The zero-order valence-electron chi connectivity index (χ0n) is 13.8. The number of fused-ring (bicyclic) bond motifs is 4. The van der Waals surface area contributed by atoms with Crippen molar-refractivity contribution in [1.82, 2.24) is 10.2 Å². The molecule has 4 heteroatoms. The minimum Gasteiger partial charge on any atom is -0.346 e. The van der Waals surface area contributed by atoms with E-state index in [1.165, 1.54) is 60.8 Å². The van der Waals surface area contributed by atoms with Crippen molar-refractivity contribution < 1.29 is 4.79 Å². The van der Waals surface area contributed by atoms with E-state index in [0.29, 0.717) is 17.5 Å². The van der Waals surface area contributed by atoms with Crippen LogP contribution in [0.1, 0.15) is 53.3 Å². The Morgan fingerprint density at radius 1 is 1.25 bits per heavy atom. The Morgan fingerprint density at radius 2 is 2.12 bits per heavy atom. The smallest absolute Gasteiger partial charge is 0.261 e. The predicted octanol–water partition coefficient (Wildman–Crippen LogP) is 3.75. The monoisotopic (exact) mass is 338 g/mol. The van der Waals surface area contributed by atoms with Gasteiger partial charge in [0, 0.05) is 16.8 Å². The average Bonchev–Trinajstić information content (AvgIpc) is 3.46. The van der Waals surface area contributed by atoms with E-state index in [1.807, 2.05) is 0 Å². The Morgan fingerprint density at radius 3 is 2.92 bits per heavy atom. The van der Waals surface area contributed by atoms with Gasteiger partial charge in [0.2, 0.25) is 0 Å². The molecule has 1 spiro atoms. The summed E-state index contributed by atoms with van der Waals surface area (Å²) in [6, 6.07) is 9.04. The predicted molar refractivity (Wildman–Crippen MR) is 96.7 cm³/mol. The van der Waals surface area contributed by atoms with Gasteiger partial charge in [-0.25, -0.2) is 0 Å². The number of carbonyl (C=O) groups is 1. The van der Waals surface area contributed by atoms with Crippen LogP contribution in [0.25, 0.3) is 10.1 Å². The standard InChI is InChI=1S/C20H22N2OS/c23-19(21-18-14-6-9-22(11-14)20(18)7-8-20)16-10-13-2-1-3-15(12-4-5-12)17(13)24-16/h1-3,10,12,14,18H,4-9,11H2,(H,21,23)/t14?,18-/m1/s1. The SMILES string of the molecule is O=C(N[C@@H]1C2CCN(C2)C12CC2)c1cc2cccc(C3CC3)c2s1. The zero-order chi connectivity index (χ0) is 15.9. The lowest BCUT2D eigenvalue weighted by Gasteiger charge is -2.33. The molecule has 124 valence electrons. The summed E-state index contributed by atoms with van der Waals surface area (Å²) in [6.07, 6.45) is 6.41. The molecule has 1 N–H and O–H groups in total. The quantitative estimate of drug-likeness (QED) is 0.924. The highest BCUT2D eigenvalue weighted by molar-refractivity contribution is 7.21. The molecule has 3 heterocycles. The summed E-state index contributed by atoms with van der Waals surface area (Å²) in [6.45, 7) is 2.44. The second-order valence-corrected chi connectivity index (χ2v) is 9.25. The van der Waals surface area contributed by atoms with E-state index in [0.717, 1.165) is 10.8 Å². The first-order chi connectivity index (χ1) is 11.7. The largest absolute Gasteiger partial charge is 0.346 e. The highest BCUT2D eigenvalue weighted by Gasteiger charge is 2.63. The number of nitrogens with one attached hydrogen (secondary N) is 1. The van der Waals surface area contributed by atoms with Crippen LogP contribution in [0.15, 0.2) is 24.3 Å². The van der Waals surface area contributed by atoms with Crippen LogP contribution in [0.4, 0.5) is 0 Å². The lowest BCUT2D eigenvalue weighted by molar-refractivity contribution is 0.0896. The molecule has 1 aromatic heterocycles. The van der Waals surface area contributed by atoms with Crippen LogP contribution in [0.2, 0.25) is 0 Å². The molecule has 2 aliphatic heterocycles. The van der Waals surface area contributed by atoms with Crippen molar-refractivity contribution in [3.8, 4) is 0 Å². The number of piperidine rings is 1. The number of amides is 1. The van der Waals surface area contributed by atoms with E-state index in [9.17, 15) is 4.79 Å². The molecule has 2 saturated heterocycles. The van der Waals surface area contributed by atoms with E-state index in [1.54, 1.807) is 11.3 Å². The lowest BCUT2D eigenvalue weighted by atomic mass is 9.92. The Kier molecular flexibility index (Phi) is 2.66. The first-order valence-electron chi connectivity index (χ1n) is 9.33. The molecule has 2 bridgehead atoms. The number of carbonyl (C=O) groups excluding carboxylic acids is 1. The molecule has 0 radical (unpaired) electrons. The van der Waals surface area contributed by atoms with Gasteiger partial charge in [0.05, 0.1) is 10.9 Å². The number of hydrogen-bond acceptors (Lipinski definition) is 3. The molecule has 1 aromatic carbocycles. The highest BCUT2D eigenvalue weighted by Crippen LogP contribution is 2.55. The van der Waals surface area contributed by atoms with Crippen molar-refractivity contribution in [3.05, 3.63) is 34.7 Å². The van der Waals surface area contributed by atoms with Crippen molar-refractivity contribution in [3.63, 3.8) is 0 Å². The maximum absolute atomic E-state index is 12.9. The first-order valence-corrected chi connectivity index (χ1v) is 10.1. The van der Waals surface area contributed by atoms with Gasteiger partial charge in [-0.1, -0.05) is 18.2 Å². The maximum Gasteiger partial charge on any atom is 0.261 e. The molecule has 6 rings (SSSR count). The minimum absolute atomic E-state index is 0.156. The van der Waals surface area contributed by atoms with Gasteiger partial charge in [-0.3, -0.25) is 9.69 Å². The molecule has 2 saturated carbocycles. The van der Waals surface area contributed by atoms with E-state index < -0.39 is 0 Å². The number of rotatable bonds is 3. The van der Waals surface area contributed by atoms with E-state index in [2.05, 4.69) is 34.5 Å². The Labute approximate surface area is 146 Å². The van der Waals surface area contributed by atoms with Gasteiger partial charge in [-0.05, 0) is 67.5 Å². The summed E-state index contributed by atoms with van der Waals surface area (Å²) in [4.78, 5) is 16.5. The van der Waals surface area contributed by atoms with Crippen LogP contribution in [-0.4, -0.2) is 35.5 Å². The van der Waals surface area contributed by atoms with Crippen LogP contribution >= 0.6 is 11.3 Å². The molecule has 1 amide bonds. The number of thiophene rings is 1. The Bertz CT molecular complexity index is 848. The second kappa shape index (κ2) is 4.61. The molecule has 4 fully saturated rings. The summed E-state index contributed by atoms with van der Waals surface area (Å²) < 4.78 is 1.34. The third-order valence-corrected chi connectivity index (χ3v) is 7.97. The van der Waals surface area contributed by atoms with Crippen LogP contribution in [0.5, 0.6) is 0 Å². The Balaban J connectivity index is 1.31. The van der Waals surface area contributed by atoms with Gasteiger partial charge in [0.15, 0.2) is 0 Å². The van der Waals surface area contributed by atoms with E-state index in [4.69, 9.17) is 0 Å². The first kappa shape index (κ1) is 13.9. The molecule has 24 heavy (non-hydrogen) atoms. The lowest BCUT2D eigenvalue weighted by Crippen LogP contribution is -2.51. The third-order valence-electron chi connectivity index (χ3n) is 6.77. The molecular weight excluding hydrogens is 316 g/mol. The fourth-order valence-corrected chi connectivity index (χ4v) is 6.39. The van der Waals surface area contributed by atoms with Gasteiger partial charge in [-0.2, -0.15) is 0 Å². The van der Waals surface area contributed by atoms with Crippen molar-refractivity contribution in [2.45, 2.75) is 49.6 Å². The molecular formula is C20H22N2OS. The number of benzene rings is 1. The topological polar surface area (TPSA) is 32.3 Å². The van der Waals surface area contributed by atoms with E-state index >= 15 is 0 Å². The molecule has 3 nitrogen and oxygen atoms in total. The van der Waals surface area contributed by atoms with Crippen LogP contribution in [-0.2, 0) is 0 Å². The van der Waals surface area contributed by atoms with Crippen molar-refractivity contribution in [1.29, 1.82) is 0 Å². The number of hydrogen-bond donors (Lipinski definition) is 1. The summed E-state index contributed by atoms with van der Waals surface area (Å²) in [7, 11) is 0. The summed E-state index contributed by atoms with van der Waals surface area (Å²) in [5.41, 5.74) is 1.79. The summed E-state index contributed by atoms with van der Waals surface area (Å²) in [5.74, 6) is 1.56. The molecule has 2 aromatic rings. The normalized spacial score (nSPS) is 32.6. The fraction of sp³-hybridized carbons (Fsp3) is 0.550. The third kappa shape index (κ3) is 1.84. The number of nitrogens with zero attached hydrogens (tertiary/aromatic N) is 1. The van der Waals surface area contributed by atoms with Crippen molar-refractivity contribution >= 4 is 27.3 Å². The van der Waals surface area contributed by atoms with Gasteiger partial charge in [0.25, 0.3) is 5.91 Å². The molecule has 3 atom stereocenters. The zero-order valence-corrected chi connectivity index (χ0v) is 14.6. The summed E-state index contributed by atoms with van der Waals surface area (Å²) >= 11 is 1.70. The van der Waals surface area contributed by atoms with Gasteiger partial charge >= 0.3 is 0 Å². The van der Waals surface area contributed by atoms with Crippen LogP contribution in [0.3, 0.4) is 0 Å². The highest BCUT2D eigenvalue weighted by atomic mass is 32.1. The minimum atomic E-state index is 0.156. The van der Waals surface area contributed by atoms with Gasteiger partial charge in [-0.15, -0.1) is 11.3 Å². The van der Waals surface area contributed by atoms with Crippen molar-refractivity contribution in [2.75, 3.05) is 13.1 Å². The van der Waals surface area contributed by atoms with Gasteiger partial charge < -0.3 is 5.32 Å². The summed E-state index contributed by atoms with van der Waals surface area (Å²) in [5, 5.41) is 4.68. The average molecular weight is 338 g/mol. The van der Waals surface area contributed by atoms with Crippen molar-refractivity contribution in [2.24, 2.45) is 5.92 Å². The van der Waals surface area contributed by atoms with Crippen LogP contribution in [0, 0.1) is 5.92 Å². The fourth-order valence-electron chi connectivity index (χ4n) is 5.23. The van der Waals surface area contributed by atoms with Crippen LogP contribution < -0.4 is 5.32 Å². The molecule has 4 aliphatic rings.